The second kappa shape index (κ2) is 10.8. The number of nitrogens with zero attached hydrogens (tertiary/aromatic N) is 2. The van der Waals surface area contributed by atoms with Crippen molar-refractivity contribution in [2.24, 2.45) is 7.05 Å². The molecule has 0 atom stereocenters. The van der Waals surface area contributed by atoms with E-state index < -0.39 is 15.7 Å². The minimum absolute atomic E-state index is 0.0760. The van der Waals surface area contributed by atoms with Crippen molar-refractivity contribution in [2.45, 2.75) is 49.3 Å². The second-order valence-corrected chi connectivity index (χ2v) is 12.1. The van der Waals surface area contributed by atoms with Gasteiger partial charge in [0.05, 0.1) is 16.5 Å². The molecule has 8 nitrogen and oxygen atoms in total. The quantitative estimate of drug-likeness (QED) is 0.294. The van der Waals surface area contributed by atoms with Crippen molar-refractivity contribution in [3.8, 4) is 11.3 Å². The summed E-state index contributed by atoms with van der Waals surface area (Å²) in [5.41, 5.74) is 4.13. The van der Waals surface area contributed by atoms with Crippen LogP contribution in [-0.2, 0) is 23.4 Å². The van der Waals surface area contributed by atoms with Gasteiger partial charge in [-0.25, -0.2) is 12.8 Å². The van der Waals surface area contributed by atoms with Crippen molar-refractivity contribution >= 4 is 32.3 Å². The molecule has 1 saturated carbocycles. The molecule has 10 heteroatoms. The number of carbonyl (C=O) groups is 1. The van der Waals surface area contributed by atoms with E-state index >= 15 is 0 Å². The lowest BCUT2D eigenvalue weighted by molar-refractivity contribution is 0.0867. The summed E-state index contributed by atoms with van der Waals surface area (Å²) in [5.74, 6) is -0.634. The maximum atomic E-state index is 13.9. The molecule has 0 spiro atoms. The Morgan fingerprint density at radius 2 is 1.77 bits per heavy atom. The monoisotopic (exact) mass is 550 g/mol. The van der Waals surface area contributed by atoms with E-state index in [0.29, 0.717) is 24.0 Å². The highest BCUT2D eigenvalue weighted by Gasteiger charge is 2.21. The Kier molecular flexibility index (Phi) is 7.42. The van der Waals surface area contributed by atoms with E-state index in [2.05, 4.69) is 15.7 Å². The van der Waals surface area contributed by atoms with E-state index in [-0.39, 0.29) is 29.5 Å². The van der Waals surface area contributed by atoms with Crippen molar-refractivity contribution in [1.82, 2.24) is 15.1 Å². The minimum atomic E-state index is -3.51. The van der Waals surface area contributed by atoms with Gasteiger partial charge in [-0.15, -0.1) is 0 Å². The highest BCUT2D eigenvalue weighted by molar-refractivity contribution is 7.90. The molecule has 204 valence electrons. The molecular formula is C29H31FN4O4S. The number of rotatable bonds is 7. The second-order valence-electron chi connectivity index (χ2n) is 10.1. The van der Waals surface area contributed by atoms with Gasteiger partial charge in [0, 0.05) is 48.1 Å². The third kappa shape index (κ3) is 5.97. The zero-order valence-electron chi connectivity index (χ0n) is 21.8. The van der Waals surface area contributed by atoms with Crippen molar-refractivity contribution in [1.29, 1.82) is 0 Å². The molecule has 1 aromatic heterocycles. The lowest BCUT2D eigenvalue weighted by Crippen LogP contribution is -2.38. The molecule has 0 saturated heterocycles. The van der Waals surface area contributed by atoms with Gasteiger partial charge in [-0.1, -0.05) is 12.1 Å². The van der Waals surface area contributed by atoms with Crippen molar-refractivity contribution in [2.75, 3.05) is 11.6 Å². The Hall–Kier alpha value is -3.76. The molecular weight excluding hydrogens is 519 g/mol. The number of sulfone groups is 1. The summed E-state index contributed by atoms with van der Waals surface area (Å²) in [6.07, 6.45) is 3.79. The highest BCUT2D eigenvalue weighted by atomic mass is 32.2. The van der Waals surface area contributed by atoms with Crippen LogP contribution in [0.25, 0.3) is 22.2 Å². The number of fused-ring (bicyclic) bond motifs is 1. The standard InChI is InChI=1S/C29H31FN4O4S/c1-34-26-13-10-23(31-17-20-15-21(30)7-14-27(20)39(2,37)38)16-25(26)28(33-34)18-3-5-19(6-4-18)29(36)32-22-8-11-24(35)12-9-22/h3-7,10,13-16,22,24,31,35H,8-9,11-12,17H2,1-2H3,(H,32,36). The fraction of sp³-hybridized carbons (Fsp3) is 0.310. The fourth-order valence-corrected chi connectivity index (χ4v) is 6.02. The topological polar surface area (TPSA) is 113 Å². The number of halogens is 1. The summed E-state index contributed by atoms with van der Waals surface area (Å²) >= 11 is 0. The summed E-state index contributed by atoms with van der Waals surface area (Å²) in [5, 5.41) is 21.5. The maximum absolute atomic E-state index is 13.9. The Morgan fingerprint density at radius 3 is 2.46 bits per heavy atom. The summed E-state index contributed by atoms with van der Waals surface area (Å²) in [6.45, 7) is 0.130. The molecule has 4 aromatic rings. The van der Waals surface area contributed by atoms with Crippen LogP contribution in [-0.4, -0.2) is 47.6 Å². The summed E-state index contributed by atoms with van der Waals surface area (Å²) in [6, 6.07) is 16.7. The average molecular weight is 551 g/mol. The van der Waals surface area contributed by atoms with Gasteiger partial charge in [0.1, 0.15) is 11.5 Å². The Labute approximate surface area is 226 Å². The van der Waals surface area contributed by atoms with Gasteiger partial charge in [0.15, 0.2) is 9.84 Å². The molecule has 5 rings (SSSR count). The molecule has 3 aromatic carbocycles. The normalized spacial score (nSPS) is 17.7. The van der Waals surface area contributed by atoms with Gasteiger partial charge < -0.3 is 15.7 Å². The number of amides is 1. The number of anilines is 1. The molecule has 3 N–H and O–H groups in total. The van der Waals surface area contributed by atoms with Crippen LogP contribution >= 0.6 is 0 Å². The molecule has 39 heavy (non-hydrogen) atoms. The van der Waals surface area contributed by atoms with Crippen molar-refractivity contribution in [3.05, 3.63) is 77.6 Å². The highest BCUT2D eigenvalue weighted by Crippen LogP contribution is 2.31. The van der Waals surface area contributed by atoms with Crippen LogP contribution in [0, 0.1) is 5.82 Å². The van der Waals surface area contributed by atoms with Crippen LogP contribution < -0.4 is 10.6 Å². The number of aryl methyl sites for hydroxylation is 1. The van der Waals surface area contributed by atoms with Gasteiger partial charge in [0.25, 0.3) is 5.91 Å². The van der Waals surface area contributed by atoms with E-state index in [0.717, 1.165) is 53.0 Å². The van der Waals surface area contributed by atoms with Crippen molar-refractivity contribution in [3.63, 3.8) is 0 Å². The van der Waals surface area contributed by atoms with E-state index in [9.17, 15) is 22.7 Å². The van der Waals surface area contributed by atoms with Crippen LogP contribution in [0.3, 0.4) is 0 Å². The van der Waals surface area contributed by atoms with Gasteiger partial charge in [0.2, 0.25) is 0 Å². The number of hydrogen-bond donors (Lipinski definition) is 3. The molecule has 1 heterocycles. The lowest BCUT2D eigenvalue weighted by atomic mass is 9.93. The van der Waals surface area contributed by atoms with E-state index in [1.807, 2.05) is 37.4 Å². The Morgan fingerprint density at radius 1 is 1.05 bits per heavy atom. The molecule has 0 aliphatic heterocycles. The number of benzene rings is 3. The van der Waals surface area contributed by atoms with Gasteiger partial charge in [-0.3, -0.25) is 9.48 Å². The number of carbonyl (C=O) groups excluding carboxylic acids is 1. The number of nitrogens with one attached hydrogen (secondary N) is 2. The van der Waals surface area contributed by atoms with Gasteiger partial charge in [-0.05, 0) is 79.8 Å². The van der Waals surface area contributed by atoms with E-state index in [4.69, 9.17) is 0 Å². The molecule has 1 amide bonds. The zero-order valence-corrected chi connectivity index (χ0v) is 22.6. The summed E-state index contributed by atoms with van der Waals surface area (Å²) < 4.78 is 39.9. The number of aliphatic hydroxyl groups excluding tert-OH is 1. The summed E-state index contributed by atoms with van der Waals surface area (Å²) in [7, 11) is -1.65. The largest absolute Gasteiger partial charge is 0.393 e. The lowest BCUT2D eigenvalue weighted by Gasteiger charge is -2.26. The number of hydrogen-bond acceptors (Lipinski definition) is 6. The maximum Gasteiger partial charge on any atom is 0.251 e. The molecule has 1 fully saturated rings. The van der Waals surface area contributed by atoms with Crippen LogP contribution in [0.4, 0.5) is 10.1 Å². The fourth-order valence-electron chi connectivity index (χ4n) is 5.10. The molecule has 0 unspecified atom stereocenters. The third-order valence-corrected chi connectivity index (χ3v) is 8.40. The van der Waals surface area contributed by atoms with E-state index in [1.165, 1.54) is 12.1 Å². The zero-order chi connectivity index (χ0) is 27.7. The predicted octanol–water partition coefficient (Wildman–Crippen LogP) is 4.43. The first-order chi connectivity index (χ1) is 18.6. The van der Waals surface area contributed by atoms with Crippen LogP contribution in [0.2, 0.25) is 0 Å². The first kappa shape index (κ1) is 26.8. The first-order valence-corrected chi connectivity index (χ1v) is 14.8. The van der Waals surface area contributed by atoms with Gasteiger partial charge >= 0.3 is 0 Å². The van der Waals surface area contributed by atoms with Crippen LogP contribution in [0.15, 0.2) is 65.6 Å². The SMILES string of the molecule is Cn1nc(-c2ccc(C(=O)NC3CCC(O)CC3)cc2)c2cc(NCc3cc(F)ccc3S(C)(=O)=O)ccc21. The smallest absolute Gasteiger partial charge is 0.251 e. The number of aliphatic hydroxyl groups is 1. The van der Waals surface area contributed by atoms with Crippen LogP contribution in [0.1, 0.15) is 41.6 Å². The Bertz CT molecular complexity index is 1630. The first-order valence-electron chi connectivity index (χ1n) is 12.9. The molecule has 0 bridgehead atoms. The van der Waals surface area contributed by atoms with Crippen molar-refractivity contribution < 1.29 is 22.7 Å². The van der Waals surface area contributed by atoms with E-state index in [1.54, 1.807) is 16.8 Å². The van der Waals surface area contributed by atoms with Gasteiger partial charge in [-0.2, -0.15) is 5.10 Å². The minimum Gasteiger partial charge on any atom is -0.393 e. The molecule has 1 aliphatic rings. The number of aromatic nitrogens is 2. The molecule has 1 aliphatic carbocycles. The Balaban J connectivity index is 1.36. The predicted molar refractivity (Wildman–Crippen MR) is 149 cm³/mol. The average Bonchev–Trinajstić information content (AvgIpc) is 3.23. The molecule has 0 radical (unpaired) electrons. The van der Waals surface area contributed by atoms with Crippen LogP contribution in [0.5, 0.6) is 0 Å². The third-order valence-electron chi connectivity index (χ3n) is 7.21. The summed E-state index contributed by atoms with van der Waals surface area (Å²) in [4.78, 5) is 12.8.